The maximum absolute atomic E-state index is 5.87. The topological polar surface area (TPSA) is 66.0 Å². The molecule has 0 unspecified atom stereocenters. The third-order valence-electron chi connectivity index (χ3n) is 3.10. The molecule has 0 radical (unpaired) electrons. The molecule has 0 aliphatic carbocycles. The molecular formula is C14H20N4O. The lowest BCUT2D eigenvalue weighted by molar-refractivity contribution is 0.406. The quantitative estimate of drug-likeness (QED) is 0.916. The number of nitrogens with zero attached hydrogens (tertiary/aromatic N) is 3. The fraction of sp³-hybridized carbons (Fsp3) is 0.429. The minimum atomic E-state index is 0.283. The summed E-state index contributed by atoms with van der Waals surface area (Å²) in [5, 5.41) is 8.09. The summed E-state index contributed by atoms with van der Waals surface area (Å²) in [6.07, 6.45) is 0. The van der Waals surface area contributed by atoms with Gasteiger partial charge in [-0.05, 0) is 18.9 Å². The normalized spacial score (nSPS) is 11.0. The molecule has 19 heavy (non-hydrogen) atoms. The molecule has 0 aliphatic heterocycles. The van der Waals surface area contributed by atoms with E-state index in [1.54, 1.807) is 7.11 Å². The van der Waals surface area contributed by atoms with Gasteiger partial charge in [-0.1, -0.05) is 36.8 Å². The largest absolute Gasteiger partial charge is 0.496 e. The monoisotopic (exact) mass is 260 g/mol. The first-order chi connectivity index (χ1) is 9.02. The van der Waals surface area contributed by atoms with Crippen molar-refractivity contribution < 1.29 is 4.74 Å². The van der Waals surface area contributed by atoms with Crippen molar-refractivity contribution in [3.05, 3.63) is 35.0 Å². The van der Waals surface area contributed by atoms with Crippen molar-refractivity contribution in [3.8, 4) is 5.75 Å². The van der Waals surface area contributed by atoms with Gasteiger partial charge in [0.2, 0.25) is 0 Å². The second kappa shape index (κ2) is 5.30. The van der Waals surface area contributed by atoms with Crippen molar-refractivity contribution in [1.82, 2.24) is 15.0 Å². The smallest absolute Gasteiger partial charge is 0.169 e. The van der Waals surface area contributed by atoms with Crippen LogP contribution >= 0.6 is 0 Å². The summed E-state index contributed by atoms with van der Waals surface area (Å²) < 4.78 is 7.23. The number of benzene rings is 1. The van der Waals surface area contributed by atoms with Crippen molar-refractivity contribution in [2.24, 2.45) is 0 Å². The molecule has 1 aromatic carbocycles. The van der Waals surface area contributed by atoms with Crippen LogP contribution in [0.3, 0.4) is 0 Å². The van der Waals surface area contributed by atoms with Crippen molar-refractivity contribution in [2.45, 2.75) is 33.2 Å². The number of nitrogen functional groups attached to an aromatic ring is 1. The summed E-state index contributed by atoms with van der Waals surface area (Å²) in [6.45, 7) is 6.84. The molecule has 0 amide bonds. The number of anilines is 1. The number of methoxy groups -OCH3 is 1. The molecular weight excluding hydrogens is 240 g/mol. The molecule has 0 spiro atoms. The maximum atomic E-state index is 5.87. The number of hydrogen-bond acceptors (Lipinski definition) is 4. The van der Waals surface area contributed by atoms with Gasteiger partial charge in [-0.3, -0.25) is 0 Å². The summed E-state index contributed by atoms with van der Waals surface area (Å²) in [4.78, 5) is 0. The molecule has 2 rings (SSSR count). The molecule has 0 saturated heterocycles. The molecule has 0 fully saturated rings. The van der Waals surface area contributed by atoms with Crippen LogP contribution in [-0.2, 0) is 6.54 Å². The van der Waals surface area contributed by atoms with Gasteiger partial charge in [0.15, 0.2) is 5.82 Å². The minimum Gasteiger partial charge on any atom is -0.496 e. The van der Waals surface area contributed by atoms with Gasteiger partial charge in [-0.25, -0.2) is 4.68 Å². The Balaban J connectivity index is 2.39. The molecule has 102 valence electrons. The molecule has 0 bridgehead atoms. The van der Waals surface area contributed by atoms with Gasteiger partial charge in [0, 0.05) is 5.56 Å². The first-order valence-electron chi connectivity index (χ1n) is 6.35. The third-order valence-corrected chi connectivity index (χ3v) is 3.10. The van der Waals surface area contributed by atoms with Crippen molar-refractivity contribution >= 4 is 5.82 Å². The fourth-order valence-corrected chi connectivity index (χ4v) is 2.24. The highest BCUT2D eigenvalue weighted by molar-refractivity contribution is 5.39. The number of hydrogen-bond donors (Lipinski definition) is 1. The van der Waals surface area contributed by atoms with E-state index in [0.717, 1.165) is 17.0 Å². The van der Waals surface area contributed by atoms with Crippen LogP contribution in [0.2, 0.25) is 0 Å². The van der Waals surface area contributed by atoms with E-state index in [2.05, 4.69) is 37.1 Å². The summed E-state index contributed by atoms with van der Waals surface area (Å²) in [5.41, 5.74) is 9.10. The molecule has 5 heteroatoms. The van der Waals surface area contributed by atoms with E-state index in [1.165, 1.54) is 5.56 Å². The predicted octanol–water partition coefficient (Wildman–Crippen LogP) is 2.35. The zero-order valence-corrected chi connectivity index (χ0v) is 11.8. The van der Waals surface area contributed by atoms with Gasteiger partial charge < -0.3 is 10.5 Å². The lowest BCUT2D eigenvalue weighted by Crippen LogP contribution is -2.10. The molecule has 0 saturated carbocycles. The predicted molar refractivity (Wildman–Crippen MR) is 75.4 cm³/mol. The first kappa shape index (κ1) is 13.4. The van der Waals surface area contributed by atoms with E-state index in [1.807, 2.05) is 16.8 Å². The number of nitrogens with two attached hydrogens (primary N) is 1. The van der Waals surface area contributed by atoms with Crippen LogP contribution in [0.25, 0.3) is 0 Å². The zero-order valence-electron chi connectivity index (χ0n) is 11.8. The number of aryl methyl sites for hydroxylation is 1. The van der Waals surface area contributed by atoms with E-state index in [9.17, 15) is 0 Å². The Morgan fingerprint density at radius 3 is 2.74 bits per heavy atom. The lowest BCUT2D eigenvalue weighted by Gasteiger charge is -2.13. The lowest BCUT2D eigenvalue weighted by atomic mass is 10.1. The Bertz CT molecular complexity index is 575. The van der Waals surface area contributed by atoms with Crippen molar-refractivity contribution in [2.75, 3.05) is 12.8 Å². The number of ether oxygens (including phenoxy) is 1. The van der Waals surface area contributed by atoms with E-state index in [-0.39, 0.29) is 5.92 Å². The second-order valence-corrected chi connectivity index (χ2v) is 4.99. The van der Waals surface area contributed by atoms with Gasteiger partial charge in [-0.2, -0.15) is 0 Å². The SMILES string of the molecule is COc1ccc(C)cc1Cn1nnc(N)c1C(C)C. The number of aromatic nitrogens is 3. The van der Waals surface area contributed by atoms with Gasteiger partial charge in [0.05, 0.1) is 19.3 Å². The molecule has 1 aromatic heterocycles. The van der Waals surface area contributed by atoms with Crippen LogP contribution < -0.4 is 10.5 Å². The summed E-state index contributed by atoms with van der Waals surface area (Å²) in [7, 11) is 1.67. The molecule has 0 aliphatic rings. The molecule has 2 N–H and O–H groups in total. The van der Waals surface area contributed by atoms with Gasteiger partial charge in [0.25, 0.3) is 0 Å². The van der Waals surface area contributed by atoms with E-state index < -0.39 is 0 Å². The number of rotatable bonds is 4. The Morgan fingerprint density at radius 1 is 1.37 bits per heavy atom. The van der Waals surface area contributed by atoms with Gasteiger partial charge in [-0.15, -0.1) is 5.10 Å². The van der Waals surface area contributed by atoms with Crippen molar-refractivity contribution in [1.29, 1.82) is 0 Å². The highest BCUT2D eigenvalue weighted by atomic mass is 16.5. The zero-order chi connectivity index (χ0) is 14.0. The first-order valence-corrected chi connectivity index (χ1v) is 6.35. The van der Waals surface area contributed by atoms with Crippen LogP contribution in [0, 0.1) is 6.92 Å². The average molecular weight is 260 g/mol. The van der Waals surface area contributed by atoms with Crippen LogP contribution in [0.1, 0.15) is 36.6 Å². The summed E-state index contributed by atoms with van der Waals surface area (Å²) >= 11 is 0. The Kier molecular flexibility index (Phi) is 3.74. The van der Waals surface area contributed by atoms with Gasteiger partial charge >= 0.3 is 0 Å². The highest BCUT2D eigenvalue weighted by Gasteiger charge is 2.15. The second-order valence-electron chi connectivity index (χ2n) is 4.99. The van der Waals surface area contributed by atoms with E-state index in [0.29, 0.717) is 12.4 Å². The molecule has 5 nitrogen and oxygen atoms in total. The molecule has 1 heterocycles. The Labute approximate surface area is 113 Å². The van der Waals surface area contributed by atoms with Gasteiger partial charge in [0.1, 0.15) is 5.75 Å². The van der Waals surface area contributed by atoms with Crippen LogP contribution in [0.15, 0.2) is 18.2 Å². The highest BCUT2D eigenvalue weighted by Crippen LogP contribution is 2.24. The van der Waals surface area contributed by atoms with E-state index >= 15 is 0 Å². The van der Waals surface area contributed by atoms with Crippen LogP contribution in [0.4, 0.5) is 5.82 Å². The minimum absolute atomic E-state index is 0.283. The van der Waals surface area contributed by atoms with Crippen molar-refractivity contribution in [3.63, 3.8) is 0 Å². The summed E-state index contributed by atoms with van der Waals surface area (Å²) in [5.74, 6) is 1.64. The fourth-order valence-electron chi connectivity index (χ4n) is 2.24. The Morgan fingerprint density at radius 2 is 2.11 bits per heavy atom. The average Bonchev–Trinajstić information content (AvgIpc) is 2.71. The van der Waals surface area contributed by atoms with Crippen LogP contribution in [-0.4, -0.2) is 22.1 Å². The molecule has 2 aromatic rings. The maximum Gasteiger partial charge on any atom is 0.169 e. The van der Waals surface area contributed by atoms with Crippen LogP contribution in [0.5, 0.6) is 5.75 Å². The molecule has 0 atom stereocenters. The van der Waals surface area contributed by atoms with E-state index in [4.69, 9.17) is 10.5 Å². The summed E-state index contributed by atoms with van der Waals surface area (Å²) in [6, 6.07) is 6.10. The third kappa shape index (κ3) is 2.70. The Hall–Kier alpha value is -2.04. The standard InChI is InChI=1S/C14H20N4O/c1-9(2)13-14(15)16-17-18(13)8-11-7-10(3)5-6-12(11)19-4/h5-7,9H,8,15H2,1-4H3.